The van der Waals surface area contributed by atoms with E-state index in [1.807, 2.05) is 11.4 Å². The molecule has 3 aromatic rings. The summed E-state index contributed by atoms with van der Waals surface area (Å²) in [5.41, 5.74) is 0.118. The molecule has 1 fully saturated rings. The average Bonchev–Trinajstić information content (AvgIpc) is 3.19. The van der Waals surface area contributed by atoms with Gasteiger partial charge in [-0.1, -0.05) is 29.4 Å². The number of halogens is 2. The van der Waals surface area contributed by atoms with Gasteiger partial charge in [-0.15, -0.1) is 21.5 Å². The predicted molar refractivity (Wildman–Crippen MR) is 106 cm³/mol. The van der Waals surface area contributed by atoms with Gasteiger partial charge in [0.25, 0.3) is 0 Å². The van der Waals surface area contributed by atoms with Gasteiger partial charge in [-0.05, 0) is 42.5 Å². The third-order valence-corrected chi connectivity index (χ3v) is 6.15. The third-order valence-electron chi connectivity index (χ3n) is 4.10. The lowest BCUT2D eigenvalue weighted by Crippen LogP contribution is -2.15. The maximum Gasteiger partial charge on any atom is 0.234 e. The van der Waals surface area contributed by atoms with E-state index in [1.54, 1.807) is 11.3 Å². The summed E-state index contributed by atoms with van der Waals surface area (Å²) in [5, 5.41) is 14.2. The largest absolute Gasteiger partial charge is 0.323 e. The van der Waals surface area contributed by atoms with E-state index in [1.165, 1.54) is 34.8 Å². The van der Waals surface area contributed by atoms with E-state index in [0.717, 1.165) is 30.2 Å². The van der Waals surface area contributed by atoms with Gasteiger partial charge in [-0.25, -0.2) is 4.39 Å². The van der Waals surface area contributed by atoms with Crippen molar-refractivity contribution in [1.82, 2.24) is 14.8 Å². The first-order valence-corrected chi connectivity index (χ1v) is 10.7. The quantitative estimate of drug-likeness (QED) is 0.556. The van der Waals surface area contributed by atoms with Gasteiger partial charge in [0.1, 0.15) is 11.6 Å². The maximum atomic E-state index is 13.8. The highest BCUT2D eigenvalue weighted by Crippen LogP contribution is 2.39. The first kappa shape index (κ1) is 18.5. The second-order valence-corrected chi connectivity index (χ2v) is 8.63. The number of carbonyl (C=O) groups is 1. The van der Waals surface area contributed by atoms with E-state index < -0.39 is 5.82 Å². The fraction of sp³-hybridized carbons (Fsp3) is 0.278. The number of hydrogen-bond acceptors (Lipinski definition) is 5. The van der Waals surface area contributed by atoms with Crippen molar-refractivity contribution in [2.45, 2.75) is 30.5 Å². The number of aromatic nitrogens is 3. The highest BCUT2D eigenvalue weighted by molar-refractivity contribution is 7.99. The Labute approximate surface area is 168 Å². The zero-order valence-electron chi connectivity index (χ0n) is 14.2. The molecule has 0 bridgehead atoms. The number of thioether (sulfide) groups is 1. The van der Waals surface area contributed by atoms with Crippen molar-refractivity contribution in [3.8, 4) is 0 Å². The van der Waals surface area contributed by atoms with E-state index in [-0.39, 0.29) is 22.4 Å². The minimum atomic E-state index is -0.555. The number of hydrogen-bond donors (Lipinski definition) is 1. The molecule has 1 N–H and O–H groups in total. The Morgan fingerprint density at radius 3 is 2.93 bits per heavy atom. The maximum absolute atomic E-state index is 13.8. The predicted octanol–water partition coefficient (Wildman–Crippen LogP) is 4.79. The van der Waals surface area contributed by atoms with Gasteiger partial charge >= 0.3 is 0 Å². The van der Waals surface area contributed by atoms with Crippen LogP contribution in [0.15, 0.2) is 40.9 Å². The topological polar surface area (TPSA) is 59.8 Å². The molecule has 27 heavy (non-hydrogen) atoms. The number of amides is 1. The van der Waals surface area contributed by atoms with Crippen LogP contribution >= 0.6 is 34.7 Å². The first-order chi connectivity index (χ1) is 13.1. The Hall–Kier alpha value is -1.90. The van der Waals surface area contributed by atoms with Crippen LogP contribution in [0, 0.1) is 5.82 Å². The molecule has 140 valence electrons. The van der Waals surface area contributed by atoms with Crippen LogP contribution in [0.25, 0.3) is 0 Å². The summed E-state index contributed by atoms with van der Waals surface area (Å²) >= 11 is 8.74. The van der Waals surface area contributed by atoms with Crippen LogP contribution in [0.2, 0.25) is 5.02 Å². The Morgan fingerprint density at radius 2 is 2.22 bits per heavy atom. The molecule has 0 aliphatic heterocycles. The highest BCUT2D eigenvalue weighted by atomic mass is 35.5. The minimum absolute atomic E-state index is 0.118. The van der Waals surface area contributed by atoms with Crippen LogP contribution in [0.3, 0.4) is 0 Å². The highest BCUT2D eigenvalue weighted by Gasteiger charge is 2.30. The fourth-order valence-corrected chi connectivity index (χ4v) is 4.39. The number of rotatable bonds is 7. The molecule has 0 saturated heterocycles. The van der Waals surface area contributed by atoms with Crippen molar-refractivity contribution in [3.05, 3.63) is 57.3 Å². The standard InChI is InChI=1S/C18H16ClFN4OS2/c19-11-3-6-15(14(20)8-11)21-17(25)10-27-18-23-22-16(24(18)12-4-5-12)9-13-2-1-7-26-13/h1-3,6-8,12H,4-5,9-10H2,(H,21,25). The molecule has 0 spiro atoms. The number of nitrogens with zero attached hydrogens (tertiary/aromatic N) is 3. The Kier molecular flexibility index (Phi) is 5.47. The molecule has 0 atom stereocenters. The SMILES string of the molecule is O=C(CSc1nnc(Cc2cccs2)n1C1CC1)Nc1ccc(Cl)cc1F. The van der Waals surface area contributed by atoms with Crippen LogP contribution in [0.1, 0.15) is 29.6 Å². The van der Waals surface area contributed by atoms with Crippen molar-refractivity contribution in [1.29, 1.82) is 0 Å². The summed E-state index contributed by atoms with van der Waals surface area (Å²) in [6, 6.07) is 8.67. The van der Waals surface area contributed by atoms with Crippen LogP contribution in [0.4, 0.5) is 10.1 Å². The van der Waals surface area contributed by atoms with E-state index in [2.05, 4.69) is 26.1 Å². The Morgan fingerprint density at radius 1 is 1.37 bits per heavy atom. The van der Waals surface area contributed by atoms with Crippen molar-refractivity contribution in [3.63, 3.8) is 0 Å². The molecule has 0 radical (unpaired) electrons. The van der Waals surface area contributed by atoms with Crippen molar-refractivity contribution in [2.75, 3.05) is 11.1 Å². The molecule has 1 saturated carbocycles. The smallest absolute Gasteiger partial charge is 0.234 e. The lowest BCUT2D eigenvalue weighted by Gasteiger charge is -2.09. The van der Waals surface area contributed by atoms with E-state index in [9.17, 15) is 9.18 Å². The van der Waals surface area contributed by atoms with Crippen molar-refractivity contribution >= 4 is 46.3 Å². The van der Waals surface area contributed by atoms with Gasteiger partial charge in [0.15, 0.2) is 5.16 Å². The molecule has 1 amide bonds. The summed E-state index contributed by atoms with van der Waals surface area (Å²) in [7, 11) is 0. The minimum Gasteiger partial charge on any atom is -0.323 e. The number of benzene rings is 1. The summed E-state index contributed by atoms with van der Waals surface area (Å²) in [5.74, 6) is 0.199. The van der Waals surface area contributed by atoms with Gasteiger partial charge in [0, 0.05) is 22.4 Å². The molecule has 4 rings (SSSR count). The molecule has 1 aliphatic rings. The van der Waals surface area contributed by atoms with Gasteiger partial charge < -0.3 is 9.88 Å². The lowest BCUT2D eigenvalue weighted by molar-refractivity contribution is -0.113. The summed E-state index contributed by atoms with van der Waals surface area (Å²) in [6.45, 7) is 0. The van der Waals surface area contributed by atoms with Crippen molar-refractivity contribution in [2.24, 2.45) is 0 Å². The molecule has 2 aromatic heterocycles. The average molecular weight is 423 g/mol. The number of nitrogens with one attached hydrogen (secondary N) is 1. The third kappa shape index (κ3) is 4.51. The number of carbonyl (C=O) groups excluding carboxylic acids is 1. The number of thiophene rings is 1. The van der Waals surface area contributed by atoms with E-state index in [4.69, 9.17) is 11.6 Å². The van der Waals surface area contributed by atoms with Crippen LogP contribution in [-0.2, 0) is 11.2 Å². The fourth-order valence-electron chi connectivity index (χ4n) is 2.70. The zero-order chi connectivity index (χ0) is 18.8. The van der Waals surface area contributed by atoms with Crippen molar-refractivity contribution < 1.29 is 9.18 Å². The van der Waals surface area contributed by atoms with Crippen LogP contribution < -0.4 is 5.32 Å². The monoisotopic (exact) mass is 422 g/mol. The molecular formula is C18H16ClFN4OS2. The molecule has 1 aliphatic carbocycles. The molecular weight excluding hydrogens is 407 g/mol. The van der Waals surface area contributed by atoms with Gasteiger partial charge in [-0.2, -0.15) is 0 Å². The second kappa shape index (κ2) is 8.00. The lowest BCUT2D eigenvalue weighted by atomic mass is 10.3. The van der Waals surface area contributed by atoms with Gasteiger partial charge in [0.2, 0.25) is 5.91 Å². The van der Waals surface area contributed by atoms with Gasteiger partial charge in [0.05, 0.1) is 11.4 Å². The molecule has 0 unspecified atom stereocenters. The Bertz CT molecular complexity index is 956. The number of anilines is 1. The summed E-state index contributed by atoms with van der Waals surface area (Å²) in [6.07, 6.45) is 2.94. The summed E-state index contributed by atoms with van der Waals surface area (Å²) in [4.78, 5) is 13.4. The van der Waals surface area contributed by atoms with Crippen LogP contribution in [-0.4, -0.2) is 26.4 Å². The first-order valence-electron chi connectivity index (χ1n) is 8.44. The van der Waals surface area contributed by atoms with E-state index in [0.29, 0.717) is 6.04 Å². The molecule has 9 heteroatoms. The molecule has 2 heterocycles. The molecule has 5 nitrogen and oxygen atoms in total. The Balaban J connectivity index is 1.42. The van der Waals surface area contributed by atoms with E-state index >= 15 is 0 Å². The van der Waals surface area contributed by atoms with Crippen LogP contribution in [0.5, 0.6) is 0 Å². The summed E-state index contributed by atoms with van der Waals surface area (Å²) < 4.78 is 15.9. The second-order valence-electron chi connectivity index (χ2n) is 6.22. The zero-order valence-corrected chi connectivity index (χ0v) is 16.6. The van der Waals surface area contributed by atoms with Gasteiger partial charge in [-0.3, -0.25) is 4.79 Å². The normalized spacial score (nSPS) is 13.7. The molecule has 1 aromatic carbocycles.